The number of aryl methyl sites for hydroxylation is 1. The van der Waals surface area contributed by atoms with Gasteiger partial charge in [0.05, 0.1) is 6.04 Å². The second-order valence-corrected chi connectivity index (χ2v) is 5.35. The number of benzene rings is 1. The second kappa shape index (κ2) is 6.06. The highest BCUT2D eigenvalue weighted by Crippen LogP contribution is 2.20. The fourth-order valence-electron chi connectivity index (χ4n) is 1.74. The number of ether oxygens (including phenoxy) is 1. The molecule has 0 bridgehead atoms. The number of carbonyl (C=O) groups is 2. The normalized spacial score (nSPS) is 18.4. The summed E-state index contributed by atoms with van der Waals surface area (Å²) in [6.45, 7) is 1.32. The number of hydrogen-bond acceptors (Lipinski definition) is 4. The van der Waals surface area contributed by atoms with Gasteiger partial charge in [0.15, 0.2) is 18.2 Å². The van der Waals surface area contributed by atoms with Crippen molar-refractivity contribution < 1.29 is 18.7 Å². The maximum absolute atomic E-state index is 13.6. The van der Waals surface area contributed by atoms with E-state index in [0.29, 0.717) is 12.0 Å². The Balaban J connectivity index is 1.86. The number of rotatable bonds is 4. The molecule has 19 heavy (non-hydrogen) atoms. The molecule has 1 aliphatic heterocycles. The molecule has 0 aromatic heterocycles. The van der Waals surface area contributed by atoms with Gasteiger partial charge >= 0.3 is 0 Å². The third-order valence-corrected chi connectivity index (χ3v) is 3.79. The number of thioether (sulfide) groups is 1. The summed E-state index contributed by atoms with van der Waals surface area (Å²) in [5, 5.41) is 2.54. The minimum absolute atomic E-state index is 0.0323. The zero-order valence-corrected chi connectivity index (χ0v) is 11.3. The van der Waals surface area contributed by atoms with Crippen molar-refractivity contribution in [3.8, 4) is 5.75 Å². The molecule has 1 fully saturated rings. The Kier molecular flexibility index (Phi) is 4.42. The van der Waals surface area contributed by atoms with Crippen LogP contribution in [0.25, 0.3) is 0 Å². The summed E-state index contributed by atoms with van der Waals surface area (Å²) in [4.78, 5) is 22.9. The van der Waals surface area contributed by atoms with Crippen molar-refractivity contribution in [1.82, 2.24) is 5.32 Å². The minimum Gasteiger partial charge on any atom is -0.481 e. The van der Waals surface area contributed by atoms with E-state index in [2.05, 4.69) is 5.32 Å². The third kappa shape index (κ3) is 3.47. The molecule has 0 radical (unpaired) electrons. The first-order valence-corrected chi connectivity index (χ1v) is 6.90. The number of halogens is 1. The van der Waals surface area contributed by atoms with E-state index >= 15 is 0 Å². The van der Waals surface area contributed by atoms with Crippen LogP contribution >= 0.6 is 11.8 Å². The van der Waals surface area contributed by atoms with Crippen LogP contribution in [-0.2, 0) is 9.59 Å². The van der Waals surface area contributed by atoms with Crippen molar-refractivity contribution in [2.24, 2.45) is 0 Å². The first-order chi connectivity index (χ1) is 9.08. The summed E-state index contributed by atoms with van der Waals surface area (Å²) in [6, 6.07) is 4.30. The molecule has 1 aromatic rings. The van der Waals surface area contributed by atoms with Gasteiger partial charge in [0.2, 0.25) is 5.12 Å². The Morgan fingerprint density at radius 2 is 2.37 bits per heavy atom. The average molecular weight is 283 g/mol. The van der Waals surface area contributed by atoms with E-state index in [1.807, 2.05) is 0 Å². The van der Waals surface area contributed by atoms with Crippen LogP contribution in [-0.4, -0.2) is 29.4 Å². The molecule has 2 rings (SSSR count). The third-order valence-electron chi connectivity index (χ3n) is 2.79. The largest absolute Gasteiger partial charge is 0.481 e. The summed E-state index contributed by atoms with van der Waals surface area (Å²) >= 11 is 1.21. The monoisotopic (exact) mass is 283 g/mol. The van der Waals surface area contributed by atoms with Gasteiger partial charge in [-0.1, -0.05) is 23.9 Å². The fraction of sp³-hybridized carbons (Fsp3) is 0.385. The fourth-order valence-corrected chi connectivity index (χ4v) is 2.67. The molecule has 1 heterocycles. The average Bonchev–Trinajstić information content (AvgIpc) is 2.77. The van der Waals surface area contributed by atoms with Crippen LogP contribution in [0.5, 0.6) is 5.75 Å². The Bertz CT molecular complexity index is 507. The second-order valence-electron chi connectivity index (χ2n) is 4.25. The van der Waals surface area contributed by atoms with E-state index in [9.17, 15) is 14.0 Å². The first kappa shape index (κ1) is 13.9. The zero-order chi connectivity index (χ0) is 13.8. The van der Waals surface area contributed by atoms with Gasteiger partial charge in [-0.3, -0.25) is 9.59 Å². The summed E-state index contributed by atoms with van der Waals surface area (Å²) in [5.41, 5.74) is 0.459. The predicted octanol–water partition coefficient (Wildman–Crippen LogP) is 1.66. The minimum atomic E-state index is -0.470. The van der Waals surface area contributed by atoms with Crippen LogP contribution in [0.4, 0.5) is 4.39 Å². The van der Waals surface area contributed by atoms with Crippen LogP contribution < -0.4 is 10.1 Å². The van der Waals surface area contributed by atoms with E-state index in [0.717, 1.165) is 5.75 Å². The number of amides is 1. The summed E-state index contributed by atoms with van der Waals surface area (Å²) < 4.78 is 18.7. The molecule has 1 N–H and O–H groups in total. The van der Waals surface area contributed by atoms with Crippen molar-refractivity contribution in [3.05, 3.63) is 29.6 Å². The molecule has 6 heteroatoms. The van der Waals surface area contributed by atoms with Crippen molar-refractivity contribution in [3.63, 3.8) is 0 Å². The highest BCUT2D eigenvalue weighted by atomic mass is 32.2. The van der Waals surface area contributed by atoms with Gasteiger partial charge < -0.3 is 10.1 Å². The maximum atomic E-state index is 13.6. The van der Waals surface area contributed by atoms with Gasteiger partial charge in [-0.05, 0) is 25.0 Å². The lowest BCUT2D eigenvalue weighted by molar-refractivity contribution is -0.126. The van der Waals surface area contributed by atoms with Gasteiger partial charge in [-0.2, -0.15) is 0 Å². The standard InChI is InChI=1S/C13H14FNO3S/c1-8-3-2-4-10(12(8)14)18-7-11(16)15-9-5-6-19-13(9)17/h2-4,9H,5-7H2,1H3,(H,15,16). The lowest BCUT2D eigenvalue weighted by Crippen LogP contribution is -2.39. The topological polar surface area (TPSA) is 55.4 Å². The molecule has 1 amide bonds. The number of nitrogens with one attached hydrogen (secondary N) is 1. The zero-order valence-electron chi connectivity index (χ0n) is 10.4. The molecule has 0 saturated carbocycles. The Labute approximate surface area is 114 Å². The highest BCUT2D eigenvalue weighted by Gasteiger charge is 2.26. The summed E-state index contributed by atoms with van der Waals surface area (Å²) in [5.74, 6) is -0.122. The quantitative estimate of drug-likeness (QED) is 0.913. The van der Waals surface area contributed by atoms with Crippen LogP contribution in [0.2, 0.25) is 0 Å². The van der Waals surface area contributed by atoms with E-state index in [4.69, 9.17) is 4.74 Å². The van der Waals surface area contributed by atoms with E-state index in [1.165, 1.54) is 17.8 Å². The van der Waals surface area contributed by atoms with Crippen molar-refractivity contribution in [1.29, 1.82) is 0 Å². The SMILES string of the molecule is Cc1cccc(OCC(=O)NC2CCSC2=O)c1F. The molecule has 4 nitrogen and oxygen atoms in total. The van der Waals surface area contributed by atoms with Crippen LogP contribution in [0.3, 0.4) is 0 Å². The lowest BCUT2D eigenvalue weighted by Gasteiger charge is -2.11. The molecule has 1 atom stereocenters. The molecule has 0 aliphatic carbocycles. The predicted molar refractivity (Wildman–Crippen MR) is 70.6 cm³/mol. The molecule has 1 unspecified atom stereocenters. The number of carbonyl (C=O) groups excluding carboxylic acids is 2. The Morgan fingerprint density at radius 1 is 1.58 bits per heavy atom. The Morgan fingerprint density at radius 3 is 3.05 bits per heavy atom. The molecular weight excluding hydrogens is 269 g/mol. The summed E-state index contributed by atoms with van der Waals surface area (Å²) in [7, 11) is 0. The van der Waals surface area contributed by atoms with E-state index < -0.39 is 17.8 Å². The van der Waals surface area contributed by atoms with Crippen LogP contribution in [0.15, 0.2) is 18.2 Å². The first-order valence-electron chi connectivity index (χ1n) is 5.92. The van der Waals surface area contributed by atoms with Gasteiger partial charge in [0.25, 0.3) is 5.91 Å². The Hall–Kier alpha value is -1.56. The number of hydrogen-bond donors (Lipinski definition) is 1. The highest BCUT2D eigenvalue weighted by molar-refractivity contribution is 8.14. The lowest BCUT2D eigenvalue weighted by atomic mass is 10.2. The van der Waals surface area contributed by atoms with E-state index in [-0.39, 0.29) is 17.5 Å². The van der Waals surface area contributed by atoms with Gasteiger partial charge in [-0.15, -0.1) is 0 Å². The van der Waals surface area contributed by atoms with Crippen molar-refractivity contribution >= 4 is 22.8 Å². The smallest absolute Gasteiger partial charge is 0.258 e. The molecule has 0 spiro atoms. The van der Waals surface area contributed by atoms with E-state index in [1.54, 1.807) is 19.1 Å². The van der Waals surface area contributed by atoms with Crippen molar-refractivity contribution in [2.45, 2.75) is 19.4 Å². The van der Waals surface area contributed by atoms with Gasteiger partial charge in [0, 0.05) is 5.75 Å². The summed E-state index contributed by atoms with van der Waals surface area (Å²) in [6.07, 6.45) is 0.633. The van der Waals surface area contributed by atoms with Crippen LogP contribution in [0.1, 0.15) is 12.0 Å². The molecule has 1 aliphatic rings. The molecule has 1 saturated heterocycles. The maximum Gasteiger partial charge on any atom is 0.258 e. The molecule has 102 valence electrons. The molecular formula is C13H14FNO3S. The molecule has 1 aromatic carbocycles. The van der Waals surface area contributed by atoms with Crippen LogP contribution in [0, 0.1) is 12.7 Å². The van der Waals surface area contributed by atoms with Crippen molar-refractivity contribution in [2.75, 3.05) is 12.4 Å². The van der Waals surface area contributed by atoms with Gasteiger partial charge in [-0.25, -0.2) is 4.39 Å². The van der Waals surface area contributed by atoms with Gasteiger partial charge in [0.1, 0.15) is 0 Å².